The normalized spacial score (nSPS) is 16.7. The highest BCUT2D eigenvalue weighted by atomic mass is 32.1. The van der Waals surface area contributed by atoms with Gasteiger partial charge >= 0.3 is 0 Å². The topological polar surface area (TPSA) is 42.7 Å². The van der Waals surface area contributed by atoms with Crippen molar-refractivity contribution < 1.29 is 8.78 Å². The molecule has 0 bridgehead atoms. The first-order valence-corrected chi connectivity index (χ1v) is 10.1. The first kappa shape index (κ1) is 18.3. The fraction of sp³-hybridized carbons (Fsp3) is 0.400. The van der Waals surface area contributed by atoms with Gasteiger partial charge in [0.05, 0.1) is 17.6 Å². The van der Waals surface area contributed by atoms with E-state index in [-0.39, 0.29) is 6.04 Å². The van der Waals surface area contributed by atoms with Crippen LogP contribution in [0.4, 0.5) is 8.78 Å². The molecule has 2 aromatic heterocycles. The lowest BCUT2D eigenvalue weighted by Crippen LogP contribution is -2.25. The average Bonchev–Trinajstić information content (AvgIpc) is 3.26. The maximum absolute atomic E-state index is 13.6. The van der Waals surface area contributed by atoms with Gasteiger partial charge in [-0.1, -0.05) is 13.8 Å². The SMILES string of the molecule is CC(C)c1csc(CN[C@H]2CCCc3c2cnn3-c2cc(F)cc(F)c2)n1. The maximum Gasteiger partial charge on any atom is 0.128 e. The van der Waals surface area contributed by atoms with Crippen molar-refractivity contribution in [2.75, 3.05) is 0 Å². The predicted molar refractivity (Wildman–Crippen MR) is 102 cm³/mol. The van der Waals surface area contributed by atoms with Crippen molar-refractivity contribution in [3.63, 3.8) is 0 Å². The van der Waals surface area contributed by atoms with E-state index in [4.69, 9.17) is 0 Å². The smallest absolute Gasteiger partial charge is 0.128 e. The van der Waals surface area contributed by atoms with Crippen molar-refractivity contribution in [1.82, 2.24) is 20.1 Å². The number of halogens is 2. The molecular formula is C20H22F2N4S. The van der Waals surface area contributed by atoms with E-state index in [1.165, 1.54) is 12.1 Å². The number of fused-ring (bicyclic) bond motifs is 1. The van der Waals surface area contributed by atoms with Crippen LogP contribution in [0.5, 0.6) is 0 Å². The molecule has 0 saturated heterocycles. The Kier molecular flexibility index (Phi) is 5.06. The van der Waals surface area contributed by atoms with Crippen LogP contribution < -0.4 is 5.32 Å². The molecule has 4 nitrogen and oxygen atoms in total. The van der Waals surface area contributed by atoms with E-state index >= 15 is 0 Å². The Labute approximate surface area is 161 Å². The van der Waals surface area contributed by atoms with Gasteiger partial charge in [0.25, 0.3) is 0 Å². The third kappa shape index (κ3) is 3.80. The summed E-state index contributed by atoms with van der Waals surface area (Å²) in [5.41, 5.74) is 3.68. The van der Waals surface area contributed by atoms with Crippen LogP contribution in [0.2, 0.25) is 0 Å². The Morgan fingerprint density at radius 1 is 1.26 bits per heavy atom. The number of nitrogens with zero attached hydrogens (tertiary/aromatic N) is 3. The third-order valence-corrected chi connectivity index (χ3v) is 5.80. The van der Waals surface area contributed by atoms with Gasteiger partial charge in [-0.25, -0.2) is 18.4 Å². The molecule has 1 N–H and O–H groups in total. The van der Waals surface area contributed by atoms with Crippen LogP contribution >= 0.6 is 11.3 Å². The Hall–Kier alpha value is -2.12. The van der Waals surface area contributed by atoms with Gasteiger partial charge in [-0.15, -0.1) is 11.3 Å². The van der Waals surface area contributed by atoms with E-state index in [0.29, 0.717) is 18.2 Å². The molecule has 0 spiro atoms. The summed E-state index contributed by atoms with van der Waals surface area (Å²) in [4.78, 5) is 4.67. The molecule has 0 saturated carbocycles. The van der Waals surface area contributed by atoms with Gasteiger partial charge in [-0.3, -0.25) is 0 Å². The molecule has 0 amide bonds. The molecule has 142 valence electrons. The van der Waals surface area contributed by atoms with Crippen LogP contribution in [-0.2, 0) is 13.0 Å². The minimum atomic E-state index is -0.593. The highest BCUT2D eigenvalue weighted by molar-refractivity contribution is 7.09. The molecule has 0 radical (unpaired) electrons. The minimum Gasteiger partial charge on any atom is -0.303 e. The van der Waals surface area contributed by atoms with E-state index in [1.807, 2.05) is 6.20 Å². The van der Waals surface area contributed by atoms with Crippen LogP contribution in [0, 0.1) is 11.6 Å². The zero-order chi connectivity index (χ0) is 19.0. The van der Waals surface area contributed by atoms with Crippen molar-refractivity contribution in [1.29, 1.82) is 0 Å². The Bertz CT molecular complexity index is 927. The van der Waals surface area contributed by atoms with Crippen molar-refractivity contribution in [3.05, 3.63) is 63.4 Å². The number of aromatic nitrogens is 3. The number of nitrogens with one attached hydrogen (secondary N) is 1. The number of hydrogen-bond acceptors (Lipinski definition) is 4. The van der Waals surface area contributed by atoms with Gasteiger partial charge < -0.3 is 5.32 Å². The molecular weight excluding hydrogens is 366 g/mol. The Balaban J connectivity index is 1.54. The van der Waals surface area contributed by atoms with Gasteiger partial charge in [-0.2, -0.15) is 5.10 Å². The van der Waals surface area contributed by atoms with E-state index in [9.17, 15) is 8.78 Å². The molecule has 7 heteroatoms. The molecule has 3 aromatic rings. The van der Waals surface area contributed by atoms with Crippen LogP contribution in [0.1, 0.15) is 60.6 Å². The van der Waals surface area contributed by atoms with Crippen LogP contribution in [0.15, 0.2) is 29.8 Å². The highest BCUT2D eigenvalue weighted by Crippen LogP contribution is 2.32. The van der Waals surface area contributed by atoms with Crippen LogP contribution in [-0.4, -0.2) is 14.8 Å². The van der Waals surface area contributed by atoms with Gasteiger partial charge in [0.1, 0.15) is 16.6 Å². The Morgan fingerprint density at radius 2 is 2.04 bits per heavy atom. The molecule has 2 heterocycles. The number of rotatable bonds is 5. The minimum absolute atomic E-state index is 0.173. The summed E-state index contributed by atoms with van der Waals surface area (Å²) in [5, 5.41) is 11.2. The predicted octanol–water partition coefficient (Wildman–Crippen LogP) is 4.90. The molecule has 1 aromatic carbocycles. The second kappa shape index (κ2) is 7.48. The van der Waals surface area contributed by atoms with Gasteiger partial charge in [-0.05, 0) is 37.3 Å². The van der Waals surface area contributed by atoms with Gasteiger partial charge in [0, 0.05) is 35.3 Å². The quantitative estimate of drug-likeness (QED) is 0.676. The molecule has 1 aliphatic rings. The second-order valence-corrected chi connectivity index (χ2v) is 8.18. The van der Waals surface area contributed by atoms with E-state index < -0.39 is 11.6 Å². The van der Waals surface area contributed by atoms with Crippen molar-refractivity contribution >= 4 is 11.3 Å². The molecule has 0 fully saturated rings. The first-order chi connectivity index (χ1) is 13.0. The first-order valence-electron chi connectivity index (χ1n) is 9.22. The second-order valence-electron chi connectivity index (χ2n) is 7.23. The third-order valence-electron chi connectivity index (χ3n) is 4.94. The standard InChI is InChI=1S/C20H22F2N4S/c1-12(2)18-11-27-20(25-18)10-23-17-4-3-5-19-16(17)9-24-26(19)15-7-13(21)6-14(22)8-15/h6-9,11-12,17,23H,3-5,10H2,1-2H3/t17-/m0/s1. The van der Waals surface area contributed by atoms with Crippen molar-refractivity contribution in [2.45, 2.75) is 51.6 Å². The van der Waals surface area contributed by atoms with E-state index in [1.54, 1.807) is 16.0 Å². The summed E-state index contributed by atoms with van der Waals surface area (Å²) < 4.78 is 28.9. The zero-order valence-corrected chi connectivity index (χ0v) is 16.2. The summed E-state index contributed by atoms with van der Waals surface area (Å²) in [6.07, 6.45) is 4.68. The number of thiazole rings is 1. The van der Waals surface area contributed by atoms with Crippen LogP contribution in [0.3, 0.4) is 0 Å². The molecule has 1 atom stereocenters. The fourth-order valence-corrected chi connectivity index (χ4v) is 4.44. The van der Waals surface area contributed by atoms with Crippen molar-refractivity contribution in [3.8, 4) is 5.69 Å². The number of hydrogen-bond donors (Lipinski definition) is 1. The summed E-state index contributed by atoms with van der Waals surface area (Å²) in [6.45, 7) is 4.99. The summed E-state index contributed by atoms with van der Waals surface area (Å²) in [7, 11) is 0. The summed E-state index contributed by atoms with van der Waals surface area (Å²) in [6, 6.07) is 3.68. The molecule has 0 unspecified atom stereocenters. The zero-order valence-electron chi connectivity index (χ0n) is 15.4. The average molecular weight is 388 g/mol. The summed E-state index contributed by atoms with van der Waals surface area (Å²) in [5.74, 6) is -0.755. The molecule has 1 aliphatic carbocycles. The lowest BCUT2D eigenvalue weighted by molar-refractivity contribution is 0.454. The fourth-order valence-electron chi connectivity index (χ4n) is 3.53. The van der Waals surface area contributed by atoms with E-state index in [0.717, 1.165) is 47.3 Å². The molecule has 4 rings (SSSR count). The highest BCUT2D eigenvalue weighted by Gasteiger charge is 2.25. The summed E-state index contributed by atoms with van der Waals surface area (Å²) >= 11 is 1.68. The maximum atomic E-state index is 13.6. The molecule has 0 aliphatic heterocycles. The lowest BCUT2D eigenvalue weighted by atomic mass is 9.93. The molecule has 27 heavy (non-hydrogen) atoms. The monoisotopic (exact) mass is 388 g/mol. The Morgan fingerprint density at radius 3 is 2.74 bits per heavy atom. The number of benzene rings is 1. The lowest BCUT2D eigenvalue weighted by Gasteiger charge is -2.24. The van der Waals surface area contributed by atoms with Crippen molar-refractivity contribution in [2.24, 2.45) is 0 Å². The van der Waals surface area contributed by atoms with Crippen LogP contribution in [0.25, 0.3) is 5.69 Å². The van der Waals surface area contributed by atoms with Gasteiger partial charge in [0.15, 0.2) is 0 Å². The largest absolute Gasteiger partial charge is 0.303 e. The van der Waals surface area contributed by atoms with E-state index in [2.05, 4.69) is 34.6 Å². The van der Waals surface area contributed by atoms with Gasteiger partial charge in [0.2, 0.25) is 0 Å².